The van der Waals surface area contributed by atoms with E-state index in [1.54, 1.807) is 12.1 Å². The summed E-state index contributed by atoms with van der Waals surface area (Å²) in [6.45, 7) is 5.75. The molecule has 9 heteroatoms. The topological polar surface area (TPSA) is 107 Å². The summed E-state index contributed by atoms with van der Waals surface area (Å²) in [5.74, 6) is 0.206. The number of fused-ring (bicyclic) bond motifs is 1. The summed E-state index contributed by atoms with van der Waals surface area (Å²) in [5, 5.41) is 12.4. The van der Waals surface area contributed by atoms with Crippen LogP contribution in [0.3, 0.4) is 0 Å². The normalized spacial score (nSPS) is 20.7. The molecule has 1 saturated heterocycles. The molecular formula is C20H29N3O5S. The molecule has 2 aliphatic rings. The number of carboxylic acid groups (broad SMARTS) is 1. The first kappa shape index (κ1) is 21.6. The third-order valence-corrected chi connectivity index (χ3v) is 7.17. The molecule has 0 spiro atoms. The van der Waals surface area contributed by atoms with Gasteiger partial charge in [-0.2, -0.15) is 0 Å². The molecule has 0 aromatic heterocycles. The Morgan fingerprint density at radius 3 is 2.45 bits per heavy atom. The lowest BCUT2D eigenvalue weighted by molar-refractivity contribution is 0.0941. The van der Waals surface area contributed by atoms with Gasteiger partial charge in [0.2, 0.25) is 10.0 Å². The fourth-order valence-electron chi connectivity index (χ4n) is 4.31. The first-order valence-corrected chi connectivity index (χ1v) is 11.8. The van der Waals surface area contributed by atoms with Crippen LogP contribution in [0.25, 0.3) is 0 Å². The first-order valence-electron chi connectivity index (χ1n) is 9.93. The van der Waals surface area contributed by atoms with Crippen LogP contribution in [0.4, 0.5) is 4.79 Å². The van der Waals surface area contributed by atoms with E-state index >= 15 is 0 Å². The number of hydrogen-bond acceptors (Lipinski definition) is 4. The minimum atomic E-state index is -3.15. The lowest BCUT2D eigenvalue weighted by Crippen LogP contribution is -2.41. The minimum absolute atomic E-state index is 0.143. The summed E-state index contributed by atoms with van der Waals surface area (Å²) in [5.41, 5.74) is 2.36. The van der Waals surface area contributed by atoms with Gasteiger partial charge in [-0.1, -0.05) is 19.9 Å². The molecule has 160 valence electrons. The SMILES string of the molecule is CC(C)[C@@H]1c2ccc(C(=O)NCC3CCN(S(C)(=O)=O)CC3)cc2CN1C(=O)O. The lowest BCUT2D eigenvalue weighted by atomic mass is 9.94. The van der Waals surface area contributed by atoms with Gasteiger partial charge in [0.05, 0.1) is 18.8 Å². The van der Waals surface area contributed by atoms with Crippen LogP contribution < -0.4 is 5.32 Å². The van der Waals surface area contributed by atoms with Crippen molar-refractivity contribution in [1.29, 1.82) is 0 Å². The van der Waals surface area contributed by atoms with E-state index in [2.05, 4.69) is 5.32 Å². The Kier molecular flexibility index (Phi) is 6.19. The zero-order valence-electron chi connectivity index (χ0n) is 17.1. The van der Waals surface area contributed by atoms with Gasteiger partial charge in [-0.05, 0) is 47.9 Å². The van der Waals surface area contributed by atoms with Crippen LogP contribution in [-0.2, 0) is 16.6 Å². The van der Waals surface area contributed by atoms with Crippen molar-refractivity contribution >= 4 is 22.0 Å². The van der Waals surface area contributed by atoms with Gasteiger partial charge in [-0.3, -0.25) is 9.69 Å². The van der Waals surface area contributed by atoms with Gasteiger partial charge in [0.1, 0.15) is 0 Å². The smallest absolute Gasteiger partial charge is 0.408 e. The largest absolute Gasteiger partial charge is 0.465 e. The number of carbonyl (C=O) groups excluding carboxylic acids is 1. The van der Waals surface area contributed by atoms with Crippen molar-refractivity contribution in [3.63, 3.8) is 0 Å². The third kappa shape index (κ3) is 4.72. The number of nitrogens with one attached hydrogen (secondary N) is 1. The van der Waals surface area contributed by atoms with E-state index in [9.17, 15) is 23.1 Å². The second-order valence-corrected chi connectivity index (χ2v) is 10.3. The number of carbonyl (C=O) groups is 2. The van der Waals surface area contributed by atoms with Gasteiger partial charge in [0, 0.05) is 25.2 Å². The fraction of sp³-hybridized carbons (Fsp3) is 0.600. The predicted molar refractivity (Wildman–Crippen MR) is 109 cm³/mol. The highest BCUT2D eigenvalue weighted by Gasteiger charge is 2.35. The molecule has 2 amide bonds. The quantitative estimate of drug-likeness (QED) is 0.756. The maximum Gasteiger partial charge on any atom is 0.408 e. The molecule has 0 unspecified atom stereocenters. The molecule has 1 aromatic carbocycles. The fourth-order valence-corrected chi connectivity index (χ4v) is 5.19. The third-order valence-electron chi connectivity index (χ3n) is 5.87. The van der Waals surface area contributed by atoms with Crippen molar-refractivity contribution in [2.45, 2.75) is 39.3 Å². The first-order chi connectivity index (χ1) is 13.6. The van der Waals surface area contributed by atoms with Crippen molar-refractivity contribution in [3.05, 3.63) is 34.9 Å². The lowest BCUT2D eigenvalue weighted by Gasteiger charge is -2.30. The minimum Gasteiger partial charge on any atom is -0.465 e. The molecule has 3 rings (SSSR count). The number of sulfonamides is 1. The van der Waals surface area contributed by atoms with Crippen molar-refractivity contribution in [3.8, 4) is 0 Å². The standard InChI is InChI=1S/C20H29N3O5S/c1-13(2)18-17-5-4-15(10-16(17)12-23(18)20(25)26)19(24)21-11-14-6-8-22(9-7-14)29(3,27)28/h4-5,10,13-14,18H,6-9,11-12H2,1-3H3,(H,21,24)(H,25,26)/t18-/m1/s1. The Morgan fingerprint density at radius 1 is 1.24 bits per heavy atom. The predicted octanol–water partition coefficient (Wildman–Crippen LogP) is 2.28. The van der Waals surface area contributed by atoms with Crippen LogP contribution in [0.1, 0.15) is 54.2 Å². The van der Waals surface area contributed by atoms with Gasteiger partial charge < -0.3 is 10.4 Å². The molecule has 2 heterocycles. The average Bonchev–Trinajstić information content (AvgIpc) is 3.05. The highest BCUT2D eigenvalue weighted by molar-refractivity contribution is 7.88. The zero-order valence-corrected chi connectivity index (χ0v) is 17.9. The van der Waals surface area contributed by atoms with E-state index in [1.165, 1.54) is 15.5 Å². The Balaban J connectivity index is 1.61. The number of nitrogens with zero attached hydrogens (tertiary/aromatic N) is 2. The van der Waals surface area contributed by atoms with Gasteiger partial charge in [-0.15, -0.1) is 0 Å². The number of piperidine rings is 1. The molecule has 0 bridgehead atoms. The van der Waals surface area contributed by atoms with Crippen molar-refractivity contribution in [2.24, 2.45) is 11.8 Å². The second-order valence-electron chi connectivity index (χ2n) is 8.33. The average molecular weight is 424 g/mol. The van der Waals surface area contributed by atoms with Crippen molar-refractivity contribution in [1.82, 2.24) is 14.5 Å². The van der Waals surface area contributed by atoms with E-state index in [-0.39, 0.29) is 23.8 Å². The van der Waals surface area contributed by atoms with Gasteiger partial charge in [0.15, 0.2) is 0 Å². The molecule has 2 N–H and O–H groups in total. The molecule has 8 nitrogen and oxygen atoms in total. The summed E-state index contributed by atoms with van der Waals surface area (Å²) in [6, 6.07) is 5.21. The molecule has 0 aliphatic carbocycles. The number of benzene rings is 1. The number of rotatable bonds is 5. The van der Waals surface area contributed by atoms with Crippen molar-refractivity contribution < 1.29 is 23.1 Å². The van der Waals surface area contributed by atoms with Crippen LogP contribution in [0.5, 0.6) is 0 Å². The Morgan fingerprint density at radius 2 is 1.90 bits per heavy atom. The van der Waals surface area contributed by atoms with Crippen LogP contribution in [-0.4, -0.2) is 60.6 Å². The summed E-state index contributed by atoms with van der Waals surface area (Å²) < 4.78 is 24.6. The molecule has 29 heavy (non-hydrogen) atoms. The molecule has 1 atom stereocenters. The van der Waals surface area contributed by atoms with E-state index in [0.717, 1.165) is 24.0 Å². The Labute approximate surface area is 171 Å². The molecule has 1 aromatic rings. The number of amides is 2. The van der Waals surface area contributed by atoms with Gasteiger partial charge in [0.25, 0.3) is 5.91 Å². The van der Waals surface area contributed by atoms with E-state index in [0.29, 0.717) is 31.7 Å². The summed E-state index contributed by atoms with van der Waals surface area (Å²) in [7, 11) is -3.15. The van der Waals surface area contributed by atoms with E-state index in [4.69, 9.17) is 0 Å². The molecule has 0 radical (unpaired) electrons. The summed E-state index contributed by atoms with van der Waals surface area (Å²) in [4.78, 5) is 25.6. The van der Waals surface area contributed by atoms with Gasteiger partial charge >= 0.3 is 6.09 Å². The molecule has 1 fully saturated rings. The molecular weight excluding hydrogens is 394 g/mol. The van der Waals surface area contributed by atoms with E-state index in [1.807, 2.05) is 19.9 Å². The monoisotopic (exact) mass is 423 g/mol. The van der Waals surface area contributed by atoms with Crippen LogP contribution in [0.2, 0.25) is 0 Å². The highest BCUT2D eigenvalue weighted by atomic mass is 32.2. The van der Waals surface area contributed by atoms with Crippen molar-refractivity contribution in [2.75, 3.05) is 25.9 Å². The summed E-state index contributed by atoms with van der Waals surface area (Å²) >= 11 is 0. The zero-order chi connectivity index (χ0) is 21.3. The Hall–Kier alpha value is -2.13. The molecule has 0 saturated carbocycles. The highest BCUT2D eigenvalue weighted by Crippen LogP contribution is 2.39. The maximum absolute atomic E-state index is 12.6. The second kappa shape index (κ2) is 8.31. The van der Waals surface area contributed by atoms with Crippen LogP contribution >= 0.6 is 0 Å². The van der Waals surface area contributed by atoms with Crippen LogP contribution in [0.15, 0.2) is 18.2 Å². The Bertz CT molecular complexity index is 891. The van der Waals surface area contributed by atoms with Gasteiger partial charge in [-0.25, -0.2) is 17.5 Å². The van der Waals surface area contributed by atoms with Crippen LogP contribution in [0, 0.1) is 11.8 Å². The summed E-state index contributed by atoms with van der Waals surface area (Å²) in [6.07, 6.45) is 1.71. The number of hydrogen-bond donors (Lipinski definition) is 2. The van der Waals surface area contributed by atoms with E-state index < -0.39 is 16.1 Å². The maximum atomic E-state index is 12.6. The molecule has 2 aliphatic heterocycles.